The van der Waals surface area contributed by atoms with Crippen LogP contribution in [0.2, 0.25) is 10.0 Å². The number of amides is 1. The van der Waals surface area contributed by atoms with Crippen LogP contribution in [0.3, 0.4) is 0 Å². The van der Waals surface area contributed by atoms with Crippen molar-refractivity contribution in [2.45, 2.75) is 25.2 Å². The number of furan rings is 1. The first kappa shape index (κ1) is 19.3. The fraction of sp³-hybridized carbons (Fsp3) is 0.318. The molecule has 28 heavy (non-hydrogen) atoms. The minimum Gasteiger partial charge on any atom is -0.449 e. The van der Waals surface area contributed by atoms with Crippen LogP contribution in [0.4, 0.5) is 0 Å². The molecule has 3 aromatic rings. The van der Waals surface area contributed by atoms with Crippen LogP contribution in [0.1, 0.15) is 34.5 Å². The van der Waals surface area contributed by atoms with E-state index < -0.39 is 0 Å². The lowest BCUT2D eigenvalue weighted by Crippen LogP contribution is -2.44. The molecule has 1 amide bonds. The summed E-state index contributed by atoms with van der Waals surface area (Å²) < 4.78 is 11.4. The lowest BCUT2D eigenvalue weighted by Gasteiger charge is -2.38. The number of carbonyl (C=O) groups is 1. The van der Waals surface area contributed by atoms with Crippen LogP contribution < -0.4 is 5.32 Å². The van der Waals surface area contributed by atoms with E-state index in [1.165, 1.54) is 0 Å². The number of halogens is 2. The Morgan fingerprint density at radius 3 is 2.50 bits per heavy atom. The lowest BCUT2D eigenvalue weighted by atomic mass is 9.74. The van der Waals surface area contributed by atoms with Crippen molar-refractivity contribution in [3.8, 4) is 0 Å². The molecule has 1 aliphatic heterocycles. The number of rotatable bonds is 4. The minimum atomic E-state index is -0.232. The van der Waals surface area contributed by atoms with Crippen molar-refractivity contribution in [2.75, 3.05) is 19.8 Å². The highest BCUT2D eigenvalue weighted by Gasteiger charge is 2.35. The second-order valence-electron chi connectivity index (χ2n) is 7.25. The van der Waals surface area contributed by atoms with Gasteiger partial charge in [-0.3, -0.25) is 4.79 Å². The SMILES string of the molecule is Cc1c(C(=O)NCC2(c3ccc(Cl)cc3)CCOCC2)oc2c(Cl)cccc12. The first-order valence-electron chi connectivity index (χ1n) is 9.30. The maximum Gasteiger partial charge on any atom is 0.287 e. The van der Waals surface area contributed by atoms with Crippen LogP contribution in [0.25, 0.3) is 11.0 Å². The Morgan fingerprint density at radius 2 is 1.82 bits per heavy atom. The van der Waals surface area contributed by atoms with Gasteiger partial charge in [-0.1, -0.05) is 47.5 Å². The van der Waals surface area contributed by atoms with E-state index in [0.717, 1.165) is 29.4 Å². The predicted molar refractivity (Wildman–Crippen MR) is 111 cm³/mol. The molecular weight excluding hydrogens is 397 g/mol. The van der Waals surface area contributed by atoms with Gasteiger partial charge in [-0.25, -0.2) is 0 Å². The van der Waals surface area contributed by atoms with Gasteiger partial charge in [-0.05, 0) is 43.5 Å². The summed E-state index contributed by atoms with van der Waals surface area (Å²) in [4.78, 5) is 12.9. The molecule has 0 atom stereocenters. The van der Waals surface area contributed by atoms with Crippen molar-refractivity contribution in [1.29, 1.82) is 0 Å². The molecule has 1 aromatic heterocycles. The molecule has 1 aliphatic rings. The number of aryl methyl sites for hydroxylation is 1. The largest absolute Gasteiger partial charge is 0.449 e. The summed E-state index contributed by atoms with van der Waals surface area (Å²) in [6, 6.07) is 13.4. The van der Waals surface area contributed by atoms with Gasteiger partial charge in [0.05, 0.1) is 5.02 Å². The molecule has 2 aromatic carbocycles. The quantitative estimate of drug-likeness (QED) is 0.607. The number of carbonyl (C=O) groups excluding carboxylic acids is 1. The summed E-state index contributed by atoms with van der Waals surface area (Å²) in [5.74, 6) is 0.0750. The molecule has 0 spiro atoms. The maximum atomic E-state index is 12.9. The van der Waals surface area contributed by atoms with Crippen LogP contribution in [0.15, 0.2) is 46.9 Å². The van der Waals surface area contributed by atoms with E-state index in [4.69, 9.17) is 32.4 Å². The number of hydrogen-bond donors (Lipinski definition) is 1. The number of nitrogens with one attached hydrogen (secondary N) is 1. The Balaban J connectivity index is 1.59. The molecule has 0 bridgehead atoms. The van der Waals surface area contributed by atoms with E-state index in [2.05, 4.69) is 5.32 Å². The second kappa shape index (κ2) is 7.78. The fourth-order valence-electron chi connectivity index (χ4n) is 3.89. The van der Waals surface area contributed by atoms with E-state index in [1.807, 2.05) is 43.3 Å². The molecule has 2 heterocycles. The van der Waals surface area contributed by atoms with Crippen molar-refractivity contribution in [1.82, 2.24) is 5.32 Å². The molecule has 6 heteroatoms. The summed E-state index contributed by atoms with van der Waals surface area (Å²) in [7, 11) is 0. The van der Waals surface area contributed by atoms with Crippen LogP contribution in [0.5, 0.6) is 0 Å². The fourth-order valence-corrected chi connectivity index (χ4v) is 4.23. The van der Waals surface area contributed by atoms with Crippen LogP contribution in [-0.2, 0) is 10.2 Å². The Kier molecular flexibility index (Phi) is 5.37. The Labute approximate surface area is 173 Å². The van der Waals surface area contributed by atoms with Crippen molar-refractivity contribution < 1.29 is 13.9 Å². The smallest absolute Gasteiger partial charge is 0.287 e. The molecule has 1 saturated heterocycles. The van der Waals surface area contributed by atoms with Crippen molar-refractivity contribution in [3.05, 3.63) is 69.4 Å². The highest BCUT2D eigenvalue weighted by molar-refractivity contribution is 6.35. The van der Waals surface area contributed by atoms with E-state index in [1.54, 1.807) is 6.07 Å². The zero-order valence-electron chi connectivity index (χ0n) is 15.6. The normalized spacial score (nSPS) is 16.2. The van der Waals surface area contributed by atoms with Gasteiger partial charge in [0.1, 0.15) is 0 Å². The number of para-hydroxylation sites is 1. The van der Waals surface area contributed by atoms with Crippen molar-refractivity contribution in [3.63, 3.8) is 0 Å². The Hall–Kier alpha value is -2.01. The highest BCUT2D eigenvalue weighted by Crippen LogP contribution is 2.35. The summed E-state index contributed by atoms with van der Waals surface area (Å²) in [6.45, 7) is 3.71. The molecule has 1 N–H and O–H groups in total. The molecule has 0 unspecified atom stereocenters. The second-order valence-corrected chi connectivity index (χ2v) is 8.10. The molecule has 0 aliphatic carbocycles. The summed E-state index contributed by atoms with van der Waals surface area (Å²) in [5.41, 5.74) is 2.31. The zero-order valence-corrected chi connectivity index (χ0v) is 17.1. The highest BCUT2D eigenvalue weighted by atomic mass is 35.5. The number of fused-ring (bicyclic) bond motifs is 1. The third-order valence-electron chi connectivity index (χ3n) is 5.62. The van der Waals surface area contributed by atoms with Crippen molar-refractivity contribution >= 4 is 40.1 Å². The van der Waals surface area contributed by atoms with Gasteiger partial charge in [0.2, 0.25) is 0 Å². The molecule has 4 rings (SSSR count). The van der Waals surface area contributed by atoms with Gasteiger partial charge in [0.25, 0.3) is 5.91 Å². The Bertz CT molecular complexity index is 1000. The van der Waals surface area contributed by atoms with Crippen molar-refractivity contribution in [2.24, 2.45) is 0 Å². The molecule has 0 radical (unpaired) electrons. The molecule has 0 saturated carbocycles. The first-order chi connectivity index (χ1) is 13.5. The van der Waals surface area contributed by atoms with E-state index in [9.17, 15) is 4.79 Å². The topological polar surface area (TPSA) is 51.5 Å². The lowest BCUT2D eigenvalue weighted by molar-refractivity contribution is 0.0484. The van der Waals surface area contributed by atoms with Gasteiger partial charge >= 0.3 is 0 Å². The van der Waals surface area contributed by atoms with Crippen LogP contribution in [-0.4, -0.2) is 25.7 Å². The van der Waals surface area contributed by atoms with Gasteiger partial charge in [-0.15, -0.1) is 0 Å². The molecule has 4 nitrogen and oxygen atoms in total. The predicted octanol–water partition coefficient (Wildman–Crippen LogP) is 5.53. The van der Waals surface area contributed by atoms with Gasteiger partial charge in [-0.2, -0.15) is 0 Å². The molecule has 1 fully saturated rings. The molecular formula is C22H21Cl2NO3. The zero-order chi connectivity index (χ0) is 19.7. The van der Waals surface area contributed by atoms with E-state index in [0.29, 0.717) is 41.1 Å². The third kappa shape index (κ3) is 3.52. The number of benzene rings is 2. The molecule has 146 valence electrons. The number of hydrogen-bond acceptors (Lipinski definition) is 3. The average Bonchev–Trinajstić information content (AvgIpc) is 3.06. The third-order valence-corrected chi connectivity index (χ3v) is 6.17. The maximum absolute atomic E-state index is 12.9. The van der Waals surface area contributed by atoms with E-state index in [-0.39, 0.29) is 11.3 Å². The van der Waals surface area contributed by atoms with Crippen LogP contribution >= 0.6 is 23.2 Å². The summed E-state index contributed by atoms with van der Waals surface area (Å²) in [6.07, 6.45) is 1.67. The van der Waals surface area contributed by atoms with Gasteiger partial charge in [0.15, 0.2) is 11.3 Å². The summed E-state index contributed by atoms with van der Waals surface area (Å²) in [5, 5.41) is 5.14. The van der Waals surface area contributed by atoms with Crippen LogP contribution in [0, 0.1) is 6.92 Å². The average molecular weight is 418 g/mol. The van der Waals surface area contributed by atoms with Gasteiger partial charge < -0.3 is 14.5 Å². The monoisotopic (exact) mass is 417 g/mol. The van der Waals surface area contributed by atoms with E-state index >= 15 is 0 Å². The minimum absolute atomic E-state index is 0.184. The number of ether oxygens (including phenoxy) is 1. The Morgan fingerprint density at radius 1 is 1.11 bits per heavy atom. The first-order valence-corrected chi connectivity index (χ1v) is 10.1. The van der Waals surface area contributed by atoms with Gasteiger partial charge in [0, 0.05) is 41.1 Å². The summed E-state index contributed by atoms with van der Waals surface area (Å²) >= 11 is 12.3. The standard InChI is InChI=1S/C22H21Cl2NO3/c1-14-17-3-2-4-18(24)20(17)28-19(14)21(26)25-13-22(9-11-27-12-10-22)15-5-7-16(23)8-6-15/h2-8H,9-13H2,1H3,(H,25,26).